The normalized spacial score (nSPS) is 17.3. The molecule has 0 aromatic rings. The van der Waals surface area contributed by atoms with Crippen LogP contribution in [0.3, 0.4) is 0 Å². The highest BCUT2D eigenvalue weighted by molar-refractivity contribution is 7.36. The molecule has 420 valence electrons. The summed E-state index contributed by atoms with van der Waals surface area (Å²) in [6.07, 6.45) is -17.6. The molecule has 49 heteroatoms. The molecular formula is C21F46OSi2. The average molecular weight is 1200 g/mol. The van der Waals surface area contributed by atoms with E-state index in [1.807, 2.05) is 0 Å². The van der Waals surface area contributed by atoms with Gasteiger partial charge < -0.3 is 4.79 Å². The van der Waals surface area contributed by atoms with Crippen molar-refractivity contribution < 1.29 is 207 Å². The molecule has 0 bridgehead atoms. The van der Waals surface area contributed by atoms with Crippen molar-refractivity contribution in [3.8, 4) is 0 Å². The van der Waals surface area contributed by atoms with E-state index in [0.29, 0.717) is 0 Å². The first kappa shape index (κ1) is 66.9. The predicted molar refractivity (Wildman–Crippen MR) is 122 cm³/mol. The van der Waals surface area contributed by atoms with E-state index in [9.17, 15) is 189 Å². The van der Waals surface area contributed by atoms with Crippen LogP contribution in [0.25, 0.3) is 0 Å². The van der Waals surface area contributed by atoms with Crippen LogP contribution in [0.2, 0.25) is 0 Å². The summed E-state index contributed by atoms with van der Waals surface area (Å²) < 4.78 is 636. The van der Waals surface area contributed by atoms with Crippen LogP contribution in [-0.2, 0) is 0 Å². The smallest absolute Gasteiger partial charge is 0.308 e. The third kappa shape index (κ3) is 7.42. The van der Waals surface area contributed by atoms with Crippen LogP contribution in [0, 0.1) is 0 Å². The lowest BCUT2D eigenvalue weighted by molar-refractivity contribution is -0.459. The molecule has 0 heterocycles. The van der Waals surface area contributed by atoms with E-state index < -0.39 is 139 Å². The molecule has 0 aliphatic rings. The van der Waals surface area contributed by atoms with E-state index in [1.165, 1.54) is 0 Å². The van der Waals surface area contributed by atoms with Gasteiger partial charge in [0.2, 0.25) is 0 Å². The third-order valence-electron chi connectivity index (χ3n) is 8.77. The minimum Gasteiger partial charge on any atom is -0.308 e. The Balaban J connectivity index is 9.71. The standard InChI is InChI=1S/C21F46OSi2/c22-2(23,6(30,31)10(38,39)14(46,47)48)4(26,27)8(34,35)12(42,43)16(52,53)69(18(56,57)58,19(59,60)61)1(68)70(20(62,63)64,21(65,66)67)17(54,55)13(44,45)9(36,37)5(28,29)3(24,25)7(32,33)11(40,41)15(49,50)51. The van der Waals surface area contributed by atoms with Crippen molar-refractivity contribution in [2.75, 3.05) is 0 Å². The summed E-state index contributed by atoms with van der Waals surface area (Å²) in [7, 11) is -28.4. The molecule has 0 N–H and O–H groups in total. The first-order chi connectivity index (χ1) is 29.2. The van der Waals surface area contributed by atoms with Gasteiger partial charge in [-0.05, 0) is 0 Å². The van der Waals surface area contributed by atoms with Crippen molar-refractivity contribution in [1.82, 2.24) is 0 Å². The molecule has 0 aromatic heterocycles. The second-order valence-electron chi connectivity index (χ2n) is 12.9. The fourth-order valence-corrected chi connectivity index (χ4v) is 14.7. The van der Waals surface area contributed by atoms with Gasteiger partial charge in [0.05, 0.1) is 0 Å². The van der Waals surface area contributed by atoms with Crippen LogP contribution in [0.4, 0.5) is 207 Å². The van der Waals surface area contributed by atoms with Crippen LogP contribution in [0.5, 0.6) is 0 Å². The maximum atomic E-state index is 15.1. The molecule has 0 unspecified atom stereocenters. The summed E-state index contributed by atoms with van der Waals surface area (Å²) in [6.45, 7) is 0. The van der Waals surface area contributed by atoms with Gasteiger partial charge in [0.1, 0.15) is 5.03 Å². The summed E-state index contributed by atoms with van der Waals surface area (Å²) in [5.41, 5.74) is -23.0. The lowest BCUT2D eigenvalue weighted by atomic mass is 9.91. The Bertz CT molecular complexity index is 1760. The average Bonchev–Trinajstić information content (AvgIpc) is 3.03. The summed E-state index contributed by atoms with van der Waals surface area (Å²) in [5, 5.41) is -8.59. The topological polar surface area (TPSA) is 17.1 Å². The molecule has 0 radical (unpaired) electrons. The Morgan fingerprint density at radius 2 is 0.300 bits per heavy atom. The molecule has 0 aliphatic carbocycles. The van der Waals surface area contributed by atoms with Gasteiger partial charge in [0.15, 0.2) is 0 Å². The molecule has 0 amide bonds. The largest absolute Gasteiger partial charge is 0.460 e. The number of alkyl halides is 46. The summed E-state index contributed by atoms with van der Waals surface area (Å²) in [6, 6.07) is 0. The van der Waals surface area contributed by atoms with Gasteiger partial charge in [0, 0.05) is 0 Å². The van der Waals surface area contributed by atoms with Gasteiger partial charge in [0.25, 0.3) is 0 Å². The number of halogens is 46. The second-order valence-corrected chi connectivity index (χ2v) is 20.8. The quantitative estimate of drug-likeness (QED) is 0.111. The zero-order valence-electron chi connectivity index (χ0n) is 29.3. The van der Waals surface area contributed by atoms with Gasteiger partial charge in [-0.15, -0.1) is 0 Å². The Morgan fingerprint density at radius 3 is 0.414 bits per heavy atom. The molecule has 0 aliphatic heterocycles. The highest BCUT2D eigenvalue weighted by Crippen LogP contribution is 2.71. The number of carbonyl (C=O) groups excluding carboxylic acids is 1. The minimum atomic E-state index is -14.2. The highest BCUT2D eigenvalue weighted by atomic mass is 28.4. The van der Waals surface area contributed by atoms with Crippen molar-refractivity contribution in [3.05, 3.63) is 0 Å². The van der Waals surface area contributed by atoms with Crippen molar-refractivity contribution in [2.24, 2.45) is 0 Å². The zero-order chi connectivity index (χ0) is 58.6. The molecule has 0 spiro atoms. The summed E-state index contributed by atoms with van der Waals surface area (Å²) >= 11 is 0. The molecule has 0 atom stereocenters. The van der Waals surface area contributed by atoms with Crippen LogP contribution in [0.15, 0.2) is 0 Å². The molecule has 0 aromatic carbocycles. The van der Waals surface area contributed by atoms with E-state index in [4.69, 9.17) is 0 Å². The fourth-order valence-electron chi connectivity index (χ4n) is 4.91. The minimum absolute atomic E-state index is 8.59. The van der Waals surface area contributed by atoms with E-state index in [2.05, 4.69) is 0 Å². The van der Waals surface area contributed by atoms with E-state index in [1.54, 1.807) is 0 Å². The Kier molecular flexibility index (Phi) is 15.2. The van der Waals surface area contributed by atoms with Gasteiger partial charge in [-0.2, -0.15) is 184 Å². The van der Waals surface area contributed by atoms with Crippen LogP contribution in [-0.4, -0.2) is 139 Å². The van der Waals surface area contributed by atoms with Gasteiger partial charge in [-0.1, -0.05) is 0 Å². The summed E-state index contributed by atoms with van der Waals surface area (Å²) in [5.74, 6) is -168. The zero-order valence-corrected chi connectivity index (χ0v) is 31.3. The van der Waals surface area contributed by atoms with E-state index in [-0.39, 0.29) is 0 Å². The molecule has 1 nitrogen and oxygen atoms in total. The van der Waals surface area contributed by atoms with Crippen LogP contribution in [0.1, 0.15) is 0 Å². The van der Waals surface area contributed by atoms with Gasteiger partial charge >= 0.3 is 134 Å². The van der Waals surface area contributed by atoms with E-state index >= 15 is 17.6 Å². The maximum Gasteiger partial charge on any atom is 0.460 e. The van der Waals surface area contributed by atoms with E-state index in [0.717, 1.165) is 0 Å². The van der Waals surface area contributed by atoms with Crippen molar-refractivity contribution in [2.45, 2.75) is 118 Å². The Morgan fingerprint density at radius 1 is 0.186 bits per heavy atom. The molecule has 0 rings (SSSR count). The number of hydrogen-bond donors (Lipinski definition) is 0. The van der Waals surface area contributed by atoms with Gasteiger partial charge in [-0.3, -0.25) is 0 Å². The highest BCUT2D eigenvalue weighted by Gasteiger charge is 3.09. The molecule has 0 saturated heterocycles. The monoisotopic (exact) mass is 1200 g/mol. The third-order valence-corrected chi connectivity index (χ3v) is 18.3. The summed E-state index contributed by atoms with van der Waals surface area (Å²) in [4.78, 5) is 12.4. The lowest BCUT2D eigenvalue weighted by Crippen LogP contribution is -2.94. The van der Waals surface area contributed by atoms with Crippen LogP contribution < -0.4 is 0 Å². The number of carbonyl (C=O) groups is 1. The van der Waals surface area contributed by atoms with Crippen molar-refractivity contribution in [1.29, 1.82) is 0 Å². The first-order valence-corrected chi connectivity index (χ1v) is 18.4. The van der Waals surface area contributed by atoms with Gasteiger partial charge in [-0.25, -0.2) is 17.6 Å². The predicted octanol–water partition coefficient (Wildman–Crippen LogP) is 14.7. The lowest BCUT2D eigenvalue weighted by Gasteiger charge is -2.50. The second kappa shape index (κ2) is 15.9. The maximum absolute atomic E-state index is 15.1. The Hall–Kier alpha value is -3.12. The molecular weight excluding hydrogens is 1200 g/mol. The molecule has 0 saturated carbocycles. The first-order valence-electron chi connectivity index (χ1n) is 14.4. The fraction of sp³-hybridized carbons (Fsp3) is 0.952. The Labute approximate surface area is 347 Å². The molecule has 0 fully saturated rings. The SMILES string of the molecule is O=C([Si](C(F)(F)F)(C(F)(F)F)C(F)(F)C(F)(F)C(F)(F)C(F)(F)C(F)(F)C(F)(F)C(F)(F)C(F)(F)F)[Si](C(F)(F)F)(C(F)(F)F)C(F)(F)C(F)(F)C(F)(F)C(F)(F)C(F)(F)C(F)(F)C(F)(F)C(F)(F)F. The number of hydrogen-bond acceptors (Lipinski definition) is 1. The van der Waals surface area contributed by atoms with Crippen molar-refractivity contribution in [3.63, 3.8) is 0 Å². The van der Waals surface area contributed by atoms with Crippen LogP contribution >= 0.6 is 0 Å². The van der Waals surface area contributed by atoms with Crippen molar-refractivity contribution >= 4 is 21.2 Å². The number of rotatable bonds is 16. The molecule has 70 heavy (non-hydrogen) atoms.